The van der Waals surface area contributed by atoms with Crippen LogP contribution in [0.1, 0.15) is 16.6 Å². The second-order valence-corrected chi connectivity index (χ2v) is 7.29. The Morgan fingerprint density at radius 2 is 2.12 bits per heavy atom. The lowest BCUT2D eigenvalue weighted by Gasteiger charge is -2.36. The summed E-state index contributed by atoms with van der Waals surface area (Å²) in [6.45, 7) is 3.67. The van der Waals surface area contributed by atoms with Crippen LogP contribution in [0.15, 0.2) is 36.5 Å². The van der Waals surface area contributed by atoms with E-state index in [1.54, 1.807) is 24.4 Å². The number of hydrogen-bond donors (Lipinski definition) is 1. The molecular formula is C18H16FN3O2S. The van der Waals surface area contributed by atoms with E-state index in [1.807, 2.05) is 4.90 Å². The van der Waals surface area contributed by atoms with Crippen LogP contribution >= 0.6 is 11.3 Å². The van der Waals surface area contributed by atoms with Crippen molar-refractivity contribution in [1.29, 1.82) is 0 Å². The molecule has 1 fully saturated rings. The number of rotatable bonds is 3. The molecule has 1 aromatic carbocycles. The highest BCUT2D eigenvalue weighted by Crippen LogP contribution is 2.36. The van der Waals surface area contributed by atoms with E-state index in [0.29, 0.717) is 27.7 Å². The maximum atomic E-state index is 14.0. The third kappa shape index (κ3) is 2.91. The Bertz CT molecular complexity index is 966. The molecule has 7 heteroatoms. The van der Waals surface area contributed by atoms with E-state index in [-0.39, 0.29) is 11.7 Å². The van der Waals surface area contributed by atoms with Gasteiger partial charge < -0.3 is 15.4 Å². The molecule has 0 aliphatic carbocycles. The number of thiophene rings is 1. The number of halogens is 1. The fraction of sp³-hybridized carbons (Fsp3) is 0.222. The number of ether oxygens (including phenoxy) is 1. The van der Waals surface area contributed by atoms with Crippen LogP contribution in [0.4, 0.5) is 10.1 Å². The van der Waals surface area contributed by atoms with Crippen LogP contribution in [0.2, 0.25) is 0 Å². The lowest BCUT2D eigenvalue weighted by molar-refractivity contribution is 0.0535. The predicted molar refractivity (Wildman–Crippen MR) is 95.6 cm³/mol. The van der Waals surface area contributed by atoms with Crippen molar-refractivity contribution in [3.05, 3.63) is 47.2 Å². The van der Waals surface area contributed by atoms with Crippen LogP contribution in [0.25, 0.3) is 10.2 Å². The molecule has 2 N–H and O–H groups in total. The number of benzene rings is 1. The largest absolute Gasteiger partial charge is 0.453 e. The third-order valence-corrected chi connectivity index (χ3v) is 5.24. The van der Waals surface area contributed by atoms with Gasteiger partial charge in [0.05, 0.1) is 15.1 Å². The zero-order valence-electron chi connectivity index (χ0n) is 13.5. The highest BCUT2D eigenvalue weighted by atomic mass is 32.1. The Labute approximate surface area is 147 Å². The summed E-state index contributed by atoms with van der Waals surface area (Å²) >= 11 is 1.31. The van der Waals surface area contributed by atoms with Gasteiger partial charge in [-0.25, -0.2) is 4.39 Å². The third-order valence-electron chi connectivity index (χ3n) is 4.11. The Balaban J connectivity index is 1.66. The molecule has 5 nitrogen and oxygen atoms in total. The Kier molecular flexibility index (Phi) is 3.80. The normalized spacial score (nSPS) is 14.6. The van der Waals surface area contributed by atoms with Gasteiger partial charge in [0.1, 0.15) is 5.75 Å². The number of pyridine rings is 1. The van der Waals surface area contributed by atoms with Crippen LogP contribution in [-0.2, 0) is 0 Å². The number of carbonyl (C=O) groups is 1. The maximum Gasteiger partial charge on any atom is 0.264 e. The van der Waals surface area contributed by atoms with Crippen molar-refractivity contribution in [3.8, 4) is 11.5 Å². The van der Waals surface area contributed by atoms with Crippen molar-refractivity contribution < 1.29 is 13.9 Å². The molecule has 1 amide bonds. The topological polar surface area (TPSA) is 68.5 Å². The molecule has 0 atom stereocenters. The molecule has 2 aromatic heterocycles. The van der Waals surface area contributed by atoms with Gasteiger partial charge in [0, 0.05) is 37.1 Å². The molecule has 0 spiro atoms. The summed E-state index contributed by atoms with van der Waals surface area (Å²) in [6, 6.07) is 7.69. The highest BCUT2D eigenvalue weighted by Gasteiger charge is 2.29. The standard InChI is InChI=1S/C18H16FN3O2S/c1-10-8-22(9-10)18(23)16-7-13-17(25-16)15(4-5-21-13)24-14-3-2-11(20)6-12(14)19/h2-7,10H,8-9,20H2,1H3. The minimum atomic E-state index is -0.535. The summed E-state index contributed by atoms with van der Waals surface area (Å²) in [6.07, 6.45) is 1.58. The average molecular weight is 357 g/mol. The molecular weight excluding hydrogens is 341 g/mol. The van der Waals surface area contributed by atoms with E-state index in [9.17, 15) is 9.18 Å². The van der Waals surface area contributed by atoms with Gasteiger partial charge in [-0.05, 0) is 24.1 Å². The van der Waals surface area contributed by atoms with E-state index in [2.05, 4.69) is 11.9 Å². The first-order valence-corrected chi connectivity index (χ1v) is 8.73. The van der Waals surface area contributed by atoms with Crippen molar-refractivity contribution in [3.63, 3.8) is 0 Å². The van der Waals surface area contributed by atoms with Gasteiger partial charge >= 0.3 is 0 Å². The molecule has 4 rings (SSSR count). The number of nitrogen functional groups attached to an aromatic ring is 1. The summed E-state index contributed by atoms with van der Waals surface area (Å²) in [5.74, 6) is 0.566. The number of nitrogens with zero attached hydrogens (tertiary/aromatic N) is 2. The van der Waals surface area contributed by atoms with Gasteiger partial charge in [0.2, 0.25) is 0 Å². The van der Waals surface area contributed by atoms with Crippen LogP contribution in [-0.4, -0.2) is 28.9 Å². The first kappa shape index (κ1) is 15.8. The van der Waals surface area contributed by atoms with Crippen LogP contribution in [0, 0.1) is 11.7 Å². The van der Waals surface area contributed by atoms with Gasteiger partial charge in [0.25, 0.3) is 5.91 Å². The number of aromatic nitrogens is 1. The van der Waals surface area contributed by atoms with E-state index in [4.69, 9.17) is 10.5 Å². The Morgan fingerprint density at radius 1 is 1.32 bits per heavy atom. The smallest absolute Gasteiger partial charge is 0.264 e. The maximum absolute atomic E-state index is 14.0. The Morgan fingerprint density at radius 3 is 2.84 bits per heavy atom. The van der Waals surface area contributed by atoms with Crippen LogP contribution < -0.4 is 10.5 Å². The minimum Gasteiger partial charge on any atom is -0.453 e. The molecule has 3 heterocycles. The van der Waals surface area contributed by atoms with Gasteiger partial charge in [-0.1, -0.05) is 6.92 Å². The molecule has 25 heavy (non-hydrogen) atoms. The number of amides is 1. The summed E-state index contributed by atoms with van der Waals surface area (Å²) in [7, 11) is 0. The molecule has 1 aliphatic rings. The van der Waals surface area contributed by atoms with E-state index < -0.39 is 5.82 Å². The van der Waals surface area contributed by atoms with Crippen molar-refractivity contribution in [1.82, 2.24) is 9.88 Å². The van der Waals surface area contributed by atoms with Crippen molar-refractivity contribution in [2.24, 2.45) is 5.92 Å². The zero-order valence-corrected chi connectivity index (χ0v) is 14.3. The van der Waals surface area contributed by atoms with Crippen LogP contribution in [0.5, 0.6) is 11.5 Å². The van der Waals surface area contributed by atoms with Gasteiger partial charge in [-0.15, -0.1) is 11.3 Å². The molecule has 0 bridgehead atoms. The Hall–Kier alpha value is -2.67. The summed E-state index contributed by atoms with van der Waals surface area (Å²) in [5.41, 5.74) is 6.55. The first-order chi connectivity index (χ1) is 12.0. The van der Waals surface area contributed by atoms with Gasteiger partial charge in [-0.2, -0.15) is 0 Å². The number of likely N-dealkylation sites (tertiary alicyclic amines) is 1. The molecule has 3 aromatic rings. The summed E-state index contributed by atoms with van der Waals surface area (Å²) < 4.78 is 20.4. The molecule has 0 unspecified atom stereocenters. The van der Waals surface area contributed by atoms with Gasteiger partial charge in [0.15, 0.2) is 11.6 Å². The molecule has 0 radical (unpaired) electrons. The first-order valence-electron chi connectivity index (χ1n) is 7.92. The number of hydrogen-bond acceptors (Lipinski definition) is 5. The summed E-state index contributed by atoms with van der Waals surface area (Å²) in [4.78, 5) is 19.2. The highest BCUT2D eigenvalue weighted by molar-refractivity contribution is 7.21. The quantitative estimate of drug-likeness (QED) is 0.722. The van der Waals surface area contributed by atoms with Crippen molar-refractivity contribution >= 4 is 33.1 Å². The second-order valence-electron chi connectivity index (χ2n) is 6.24. The molecule has 1 saturated heterocycles. The fourth-order valence-electron chi connectivity index (χ4n) is 2.84. The number of nitrogens with two attached hydrogens (primary N) is 1. The summed E-state index contributed by atoms with van der Waals surface area (Å²) in [5, 5.41) is 0. The predicted octanol–water partition coefficient (Wildman–Crippen LogP) is 3.90. The zero-order chi connectivity index (χ0) is 17.6. The lowest BCUT2D eigenvalue weighted by atomic mass is 10.0. The molecule has 1 aliphatic heterocycles. The number of carbonyl (C=O) groups excluding carboxylic acids is 1. The molecule has 128 valence electrons. The van der Waals surface area contributed by atoms with Crippen LogP contribution in [0.3, 0.4) is 0 Å². The number of anilines is 1. The SMILES string of the molecule is CC1CN(C(=O)c2cc3nccc(Oc4ccc(N)cc4F)c3s2)C1. The minimum absolute atomic E-state index is 0.00529. The van der Waals surface area contributed by atoms with E-state index in [0.717, 1.165) is 17.8 Å². The second kappa shape index (κ2) is 6.00. The van der Waals surface area contributed by atoms with E-state index >= 15 is 0 Å². The fourth-order valence-corrected chi connectivity index (χ4v) is 3.87. The monoisotopic (exact) mass is 357 g/mol. The average Bonchev–Trinajstić information content (AvgIpc) is 2.99. The van der Waals surface area contributed by atoms with Gasteiger partial charge in [-0.3, -0.25) is 9.78 Å². The van der Waals surface area contributed by atoms with Crippen molar-refractivity contribution in [2.75, 3.05) is 18.8 Å². The van der Waals surface area contributed by atoms with E-state index in [1.165, 1.54) is 23.5 Å². The number of fused-ring (bicyclic) bond motifs is 1. The molecule has 0 saturated carbocycles. The van der Waals surface area contributed by atoms with Crippen molar-refractivity contribution in [2.45, 2.75) is 6.92 Å². The lowest BCUT2D eigenvalue weighted by Crippen LogP contribution is -2.48.